The smallest absolute Gasteiger partial charge is 0.267 e. The first kappa shape index (κ1) is 20.4. The molecule has 1 atom stereocenters. The largest absolute Gasteiger partial charge is 0.612 e. The number of hydrogen-bond acceptors (Lipinski definition) is 3. The van der Waals surface area contributed by atoms with E-state index < -0.39 is 11.2 Å². The summed E-state index contributed by atoms with van der Waals surface area (Å²) in [5.74, 6) is 0. The Bertz CT molecular complexity index is 1200. The molecule has 0 fully saturated rings. The topological polar surface area (TPSA) is 58.0 Å². The Hall–Kier alpha value is -2.86. The van der Waals surface area contributed by atoms with Crippen LogP contribution in [0.4, 0.5) is 0 Å². The van der Waals surface area contributed by atoms with Crippen molar-refractivity contribution in [3.63, 3.8) is 0 Å². The van der Waals surface area contributed by atoms with E-state index in [1.165, 1.54) is 4.68 Å². The highest BCUT2D eigenvalue weighted by Gasteiger charge is 2.15. The highest BCUT2D eigenvalue weighted by Crippen LogP contribution is 2.30. The van der Waals surface area contributed by atoms with Crippen LogP contribution >= 0.6 is 11.6 Å². The van der Waals surface area contributed by atoms with Crippen molar-refractivity contribution in [2.24, 2.45) is 0 Å². The fourth-order valence-electron chi connectivity index (χ4n) is 3.23. The highest BCUT2D eigenvalue weighted by atomic mass is 35.5. The van der Waals surface area contributed by atoms with Crippen LogP contribution < -0.4 is 5.56 Å². The Labute approximate surface area is 183 Å². The Morgan fingerprint density at radius 2 is 1.57 bits per heavy atom. The van der Waals surface area contributed by atoms with Crippen LogP contribution in [0, 0.1) is 0 Å². The summed E-state index contributed by atoms with van der Waals surface area (Å²) in [4.78, 5) is 13.6. The van der Waals surface area contributed by atoms with Crippen molar-refractivity contribution in [3.8, 4) is 22.4 Å². The van der Waals surface area contributed by atoms with Gasteiger partial charge in [0.1, 0.15) is 6.26 Å². The summed E-state index contributed by atoms with van der Waals surface area (Å²) in [7, 11) is 0. The molecule has 4 nitrogen and oxygen atoms in total. The molecule has 3 aromatic carbocycles. The van der Waals surface area contributed by atoms with E-state index in [0.717, 1.165) is 27.1 Å². The van der Waals surface area contributed by atoms with Gasteiger partial charge in [0, 0.05) is 22.2 Å². The van der Waals surface area contributed by atoms with Crippen LogP contribution in [0.25, 0.3) is 22.4 Å². The molecule has 0 radical (unpaired) electrons. The van der Waals surface area contributed by atoms with Gasteiger partial charge in [-0.1, -0.05) is 54.1 Å². The van der Waals surface area contributed by atoms with Crippen LogP contribution in [-0.4, -0.2) is 20.6 Å². The predicted octanol–water partition coefficient (Wildman–Crippen LogP) is 5.02. The number of benzene rings is 3. The summed E-state index contributed by atoms with van der Waals surface area (Å²) in [6, 6.07) is 26.1. The zero-order chi connectivity index (χ0) is 21.1. The van der Waals surface area contributed by atoms with Gasteiger partial charge >= 0.3 is 0 Å². The molecule has 1 aromatic heterocycles. The number of aromatic nitrogens is 2. The van der Waals surface area contributed by atoms with Gasteiger partial charge in [0.05, 0.1) is 12.2 Å². The average molecular weight is 435 g/mol. The van der Waals surface area contributed by atoms with E-state index in [2.05, 4.69) is 0 Å². The predicted molar refractivity (Wildman–Crippen MR) is 122 cm³/mol. The first-order chi connectivity index (χ1) is 14.5. The molecule has 4 aromatic rings. The van der Waals surface area contributed by atoms with E-state index in [0.29, 0.717) is 17.3 Å². The Morgan fingerprint density at radius 3 is 2.20 bits per heavy atom. The molecule has 0 N–H and O–H groups in total. The van der Waals surface area contributed by atoms with Crippen LogP contribution in [0.1, 0.15) is 5.56 Å². The zero-order valence-corrected chi connectivity index (χ0v) is 17.9. The molecule has 0 bridgehead atoms. The van der Waals surface area contributed by atoms with Gasteiger partial charge in [-0.05, 0) is 58.7 Å². The highest BCUT2D eigenvalue weighted by molar-refractivity contribution is 7.90. The second kappa shape index (κ2) is 8.88. The van der Waals surface area contributed by atoms with Crippen LogP contribution in [0.5, 0.6) is 0 Å². The fraction of sp³-hybridized carbons (Fsp3) is 0.0833. The van der Waals surface area contributed by atoms with Crippen molar-refractivity contribution in [2.75, 3.05) is 6.26 Å². The second-order valence-corrected chi connectivity index (χ2v) is 8.69. The first-order valence-corrected chi connectivity index (χ1v) is 11.3. The van der Waals surface area contributed by atoms with Crippen LogP contribution in [-0.2, 0) is 17.7 Å². The average Bonchev–Trinajstić information content (AvgIpc) is 2.76. The molecule has 1 heterocycles. The van der Waals surface area contributed by atoms with Crippen LogP contribution in [0.2, 0.25) is 5.02 Å². The van der Waals surface area contributed by atoms with E-state index in [4.69, 9.17) is 16.7 Å². The third-order valence-electron chi connectivity index (χ3n) is 4.79. The van der Waals surface area contributed by atoms with Gasteiger partial charge in [0.15, 0.2) is 4.90 Å². The molecule has 0 saturated carbocycles. The molecule has 30 heavy (non-hydrogen) atoms. The SMILES string of the molecule is C[S+]([O-])c1ccc(-c2nn(Cc3ccccc3)c(=O)cc2-c2ccc(Cl)cc2)cc1. The minimum absolute atomic E-state index is 0.182. The molecule has 0 aliphatic rings. The fourth-order valence-corrected chi connectivity index (χ4v) is 3.87. The van der Waals surface area contributed by atoms with Gasteiger partial charge < -0.3 is 4.55 Å². The number of halogens is 1. The minimum atomic E-state index is -1.06. The lowest BCUT2D eigenvalue weighted by Gasteiger charge is -2.13. The lowest BCUT2D eigenvalue weighted by Crippen LogP contribution is -2.23. The molecular formula is C24H19ClN2O2S. The van der Waals surface area contributed by atoms with Gasteiger partial charge in [-0.15, -0.1) is 0 Å². The number of rotatable bonds is 5. The minimum Gasteiger partial charge on any atom is -0.612 e. The third-order valence-corrected chi connectivity index (χ3v) is 5.98. The van der Waals surface area contributed by atoms with E-state index in [1.54, 1.807) is 24.5 Å². The van der Waals surface area contributed by atoms with Gasteiger partial charge in [0.25, 0.3) is 5.56 Å². The van der Waals surface area contributed by atoms with Gasteiger partial charge in [-0.2, -0.15) is 5.10 Å². The molecule has 0 amide bonds. The van der Waals surface area contributed by atoms with Crippen molar-refractivity contribution in [3.05, 3.63) is 106 Å². The van der Waals surface area contributed by atoms with Crippen molar-refractivity contribution in [2.45, 2.75) is 11.4 Å². The monoisotopic (exact) mass is 434 g/mol. The van der Waals surface area contributed by atoms with Crippen molar-refractivity contribution < 1.29 is 4.55 Å². The summed E-state index contributed by atoms with van der Waals surface area (Å²) in [6.07, 6.45) is 1.65. The van der Waals surface area contributed by atoms with Crippen molar-refractivity contribution in [1.29, 1.82) is 0 Å². The standard InChI is InChI=1S/C24H19ClN2O2S/c1-30(29)21-13-9-19(10-14-21)24-22(18-7-11-20(25)12-8-18)15-23(28)27(26-24)16-17-5-3-2-4-6-17/h2-15H,16H2,1H3. The lowest BCUT2D eigenvalue weighted by molar-refractivity contribution is 0.601. The third kappa shape index (κ3) is 4.49. The molecule has 6 heteroatoms. The maximum atomic E-state index is 12.8. The second-order valence-electron chi connectivity index (χ2n) is 6.87. The molecule has 0 aliphatic heterocycles. The molecule has 150 valence electrons. The first-order valence-electron chi connectivity index (χ1n) is 9.37. The molecular weight excluding hydrogens is 416 g/mol. The summed E-state index contributed by atoms with van der Waals surface area (Å²) < 4.78 is 13.2. The van der Waals surface area contributed by atoms with Crippen molar-refractivity contribution >= 4 is 22.8 Å². The normalized spacial score (nSPS) is 12.0. The van der Waals surface area contributed by atoms with Gasteiger partial charge in [0.2, 0.25) is 0 Å². The number of hydrogen-bond donors (Lipinski definition) is 0. The van der Waals surface area contributed by atoms with E-state index in [-0.39, 0.29) is 5.56 Å². The van der Waals surface area contributed by atoms with E-state index in [9.17, 15) is 9.35 Å². The Morgan fingerprint density at radius 1 is 0.933 bits per heavy atom. The maximum absolute atomic E-state index is 12.8. The summed E-state index contributed by atoms with van der Waals surface area (Å²) in [5, 5.41) is 5.33. The molecule has 0 spiro atoms. The van der Waals surface area contributed by atoms with Crippen LogP contribution in [0.15, 0.2) is 94.6 Å². The quantitative estimate of drug-likeness (QED) is 0.414. The Balaban J connectivity index is 1.85. The lowest BCUT2D eigenvalue weighted by atomic mass is 10.00. The van der Waals surface area contributed by atoms with E-state index in [1.807, 2.05) is 66.7 Å². The summed E-state index contributed by atoms with van der Waals surface area (Å²) >= 11 is 4.98. The molecule has 0 saturated heterocycles. The van der Waals surface area contributed by atoms with Gasteiger partial charge in [-0.3, -0.25) is 4.79 Å². The maximum Gasteiger partial charge on any atom is 0.267 e. The summed E-state index contributed by atoms with van der Waals surface area (Å²) in [5.41, 5.74) is 3.92. The molecule has 4 rings (SSSR count). The zero-order valence-electron chi connectivity index (χ0n) is 16.3. The summed E-state index contributed by atoms with van der Waals surface area (Å²) in [6.45, 7) is 0.380. The molecule has 0 aliphatic carbocycles. The molecule has 1 unspecified atom stereocenters. The Kier molecular flexibility index (Phi) is 6.04. The van der Waals surface area contributed by atoms with E-state index >= 15 is 0 Å². The van der Waals surface area contributed by atoms with Crippen LogP contribution in [0.3, 0.4) is 0 Å². The number of nitrogens with zero attached hydrogens (tertiary/aromatic N) is 2. The van der Waals surface area contributed by atoms with Crippen molar-refractivity contribution in [1.82, 2.24) is 9.78 Å². The van der Waals surface area contributed by atoms with Gasteiger partial charge in [-0.25, -0.2) is 4.68 Å².